The van der Waals surface area contributed by atoms with E-state index in [4.69, 9.17) is 11.6 Å². The average molecular weight is 388 g/mol. The van der Waals surface area contributed by atoms with Gasteiger partial charge in [-0.3, -0.25) is 20.2 Å². The van der Waals surface area contributed by atoms with Gasteiger partial charge in [0.15, 0.2) is 5.13 Å². The zero-order valence-electron chi connectivity index (χ0n) is 13.9. The van der Waals surface area contributed by atoms with Crippen LogP contribution in [0.3, 0.4) is 0 Å². The molecular formula is C18H14ClN3O3S. The molecule has 1 heterocycles. The van der Waals surface area contributed by atoms with Crippen LogP contribution in [-0.4, -0.2) is 15.8 Å². The lowest BCUT2D eigenvalue weighted by molar-refractivity contribution is -0.384. The summed E-state index contributed by atoms with van der Waals surface area (Å²) in [5, 5.41) is 14.1. The standard InChI is InChI=1S/C18H14ClN3O3S/c1-10-3-4-11(2)13(7-10)16-9-20-18(26-16)21-17(23)14-8-12(22(24)25)5-6-15(14)19/h3-9H,1-2H3,(H,20,21,23). The molecule has 0 spiro atoms. The molecule has 0 saturated heterocycles. The fourth-order valence-electron chi connectivity index (χ4n) is 2.42. The Morgan fingerprint density at radius 3 is 2.73 bits per heavy atom. The van der Waals surface area contributed by atoms with Crippen molar-refractivity contribution in [1.29, 1.82) is 0 Å². The van der Waals surface area contributed by atoms with Crippen molar-refractivity contribution in [3.05, 3.63) is 74.4 Å². The molecule has 1 N–H and O–H groups in total. The van der Waals surface area contributed by atoms with Crippen molar-refractivity contribution in [3.63, 3.8) is 0 Å². The number of anilines is 1. The van der Waals surface area contributed by atoms with Crippen molar-refractivity contribution in [1.82, 2.24) is 4.98 Å². The molecule has 26 heavy (non-hydrogen) atoms. The van der Waals surface area contributed by atoms with E-state index >= 15 is 0 Å². The maximum atomic E-state index is 12.4. The summed E-state index contributed by atoms with van der Waals surface area (Å²) >= 11 is 7.33. The smallest absolute Gasteiger partial charge is 0.270 e. The highest BCUT2D eigenvalue weighted by Crippen LogP contribution is 2.32. The van der Waals surface area contributed by atoms with E-state index in [-0.39, 0.29) is 16.3 Å². The number of rotatable bonds is 4. The van der Waals surface area contributed by atoms with Crippen molar-refractivity contribution < 1.29 is 9.72 Å². The van der Waals surface area contributed by atoms with Crippen molar-refractivity contribution in [2.45, 2.75) is 13.8 Å². The van der Waals surface area contributed by atoms with Crippen molar-refractivity contribution in [3.8, 4) is 10.4 Å². The lowest BCUT2D eigenvalue weighted by atomic mass is 10.1. The third-order valence-electron chi connectivity index (χ3n) is 3.79. The van der Waals surface area contributed by atoms with Crippen LogP contribution in [0, 0.1) is 24.0 Å². The van der Waals surface area contributed by atoms with Gasteiger partial charge in [0, 0.05) is 18.3 Å². The average Bonchev–Trinajstić information content (AvgIpc) is 3.05. The molecule has 132 valence electrons. The number of benzene rings is 2. The van der Waals surface area contributed by atoms with Gasteiger partial charge in [-0.25, -0.2) is 4.98 Å². The summed E-state index contributed by atoms with van der Waals surface area (Å²) in [6, 6.07) is 9.86. The second kappa shape index (κ2) is 7.23. The van der Waals surface area contributed by atoms with Gasteiger partial charge in [0.2, 0.25) is 0 Å². The molecule has 2 aromatic carbocycles. The molecule has 0 radical (unpaired) electrons. The van der Waals surface area contributed by atoms with E-state index in [0.717, 1.165) is 27.6 Å². The summed E-state index contributed by atoms with van der Waals surface area (Å²) < 4.78 is 0. The number of halogens is 1. The number of nitro groups is 1. The maximum Gasteiger partial charge on any atom is 0.270 e. The second-order valence-electron chi connectivity index (χ2n) is 5.72. The molecule has 0 atom stereocenters. The number of amides is 1. The number of carbonyl (C=O) groups is 1. The van der Waals surface area contributed by atoms with Gasteiger partial charge >= 0.3 is 0 Å². The molecule has 1 aromatic heterocycles. The zero-order chi connectivity index (χ0) is 18.8. The normalized spacial score (nSPS) is 10.6. The summed E-state index contributed by atoms with van der Waals surface area (Å²) in [6.45, 7) is 4.02. The van der Waals surface area contributed by atoms with E-state index in [1.165, 1.54) is 23.5 Å². The van der Waals surface area contributed by atoms with E-state index in [1.807, 2.05) is 26.0 Å². The number of aromatic nitrogens is 1. The Morgan fingerprint density at radius 2 is 2.00 bits per heavy atom. The van der Waals surface area contributed by atoms with Gasteiger partial charge in [0.25, 0.3) is 11.6 Å². The van der Waals surface area contributed by atoms with Gasteiger partial charge in [-0.15, -0.1) is 0 Å². The van der Waals surface area contributed by atoms with Gasteiger partial charge in [-0.2, -0.15) is 0 Å². The number of nitrogens with zero attached hydrogens (tertiary/aromatic N) is 2. The molecule has 0 aliphatic carbocycles. The third-order valence-corrected chi connectivity index (χ3v) is 5.07. The first-order valence-corrected chi connectivity index (χ1v) is 8.83. The van der Waals surface area contributed by atoms with Gasteiger partial charge in [-0.05, 0) is 31.0 Å². The van der Waals surface area contributed by atoms with Gasteiger partial charge in [0.1, 0.15) is 0 Å². The van der Waals surface area contributed by atoms with Crippen molar-refractivity contribution in [2.24, 2.45) is 0 Å². The van der Waals surface area contributed by atoms with Crippen LogP contribution >= 0.6 is 22.9 Å². The zero-order valence-corrected chi connectivity index (χ0v) is 15.5. The Bertz CT molecular complexity index is 1020. The van der Waals surface area contributed by atoms with E-state index in [9.17, 15) is 14.9 Å². The number of carbonyl (C=O) groups excluding carboxylic acids is 1. The summed E-state index contributed by atoms with van der Waals surface area (Å²) in [4.78, 5) is 27.9. The quantitative estimate of drug-likeness (QED) is 0.490. The highest BCUT2D eigenvalue weighted by molar-refractivity contribution is 7.19. The molecule has 0 saturated carbocycles. The summed E-state index contributed by atoms with van der Waals surface area (Å²) in [7, 11) is 0. The molecule has 3 aromatic rings. The monoisotopic (exact) mass is 387 g/mol. The predicted molar refractivity (Wildman–Crippen MR) is 103 cm³/mol. The number of aryl methyl sites for hydroxylation is 2. The van der Waals surface area contributed by atoms with Crippen molar-refractivity contribution in [2.75, 3.05) is 5.32 Å². The van der Waals surface area contributed by atoms with E-state index in [0.29, 0.717) is 5.13 Å². The lowest BCUT2D eigenvalue weighted by Gasteiger charge is -2.05. The number of hydrogen-bond acceptors (Lipinski definition) is 5. The second-order valence-corrected chi connectivity index (χ2v) is 7.16. The molecule has 1 amide bonds. The number of hydrogen-bond donors (Lipinski definition) is 1. The number of thiazole rings is 1. The molecule has 8 heteroatoms. The van der Waals surface area contributed by atoms with Crippen molar-refractivity contribution >= 4 is 39.7 Å². The molecule has 0 unspecified atom stereocenters. The van der Waals surface area contributed by atoms with Crippen LogP contribution in [-0.2, 0) is 0 Å². The minimum absolute atomic E-state index is 0.0318. The SMILES string of the molecule is Cc1ccc(C)c(-c2cnc(NC(=O)c3cc([N+](=O)[O-])ccc3Cl)s2)c1. The van der Waals surface area contributed by atoms with Crippen LogP contribution in [0.25, 0.3) is 10.4 Å². The van der Waals surface area contributed by atoms with Crippen LogP contribution in [0.5, 0.6) is 0 Å². The topological polar surface area (TPSA) is 85.1 Å². The van der Waals surface area contributed by atoms with Crippen LogP contribution in [0.15, 0.2) is 42.6 Å². The molecular weight excluding hydrogens is 374 g/mol. The van der Waals surface area contributed by atoms with Crippen LogP contribution < -0.4 is 5.32 Å². The highest BCUT2D eigenvalue weighted by atomic mass is 35.5. The third kappa shape index (κ3) is 3.74. The molecule has 0 bridgehead atoms. The fourth-order valence-corrected chi connectivity index (χ4v) is 3.52. The largest absolute Gasteiger partial charge is 0.298 e. The number of nitro benzene ring substituents is 1. The minimum atomic E-state index is -0.574. The van der Waals surface area contributed by atoms with Crippen LogP contribution in [0.2, 0.25) is 5.02 Å². The summed E-state index contributed by atoms with van der Waals surface area (Å²) in [5.74, 6) is -0.541. The molecule has 0 aliphatic rings. The molecule has 6 nitrogen and oxygen atoms in total. The van der Waals surface area contributed by atoms with E-state index in [1.54, 1.807) is 6.20 Å². The first kappa shape index (κ1) is 18.0. The maximum absolute atomic E-state index is 12.4. The Morgan fingerprint density at radius 1 is 1.23 bits per heavy atom. The molecule has 0 fully saturated rings. The fraction of sp³-hybridized carbons (Fsp3) is 0.111. The van der Waals surface area contributed by atoms with E-state index < -0.39 is 10.8 Å². The summed E-state index contributed by atoms with van der Waals surface area (Å²) in [6.07, 6.45) is 1.69. The Labute approximate surface area is 158 Å². The highest BCUT2D eigenvalue weighted by Gasteiger charge is 2.17. The molecule has 0 aliphatic heterocycles. The van der Waals surface area contributed by atoms with Gasteiger partial charge < -0.3 is 0 Å². The summed E-state index contributed by atoms with van der Waals surface area (Å²) in [5.41, 5.74) is 3.13. The number of nitrogens with one attached hydrogen (secondary N) is 1. The Hall–Kier alpha value is -2.77. The number of non-ortho nitro benzene ring substituents is 1. The Kier molecular flexibility index (Phi) is 5.01. The van der Waals surface area contributed by atoms with Crippen LogP contribution in [0.4, 0.5) is 10.8 Å². The first-order valence-electron chi connectivity index (χ1n) is 7.64. The first-order chi connectivity index (χ1) is 12.3. The predicted octanol–water partition coefficient (Wildman–Crippen LogP) is 5.24. The van der Waals surface area contributed by atoms with Gasteiger partial charge in [0.05, 0.1) is 20.4 Å². The minimum Gasteiger partial charge on any atom is -0.298 e. The van der Waals surface area contributed by atoms with E-state index in [2.05, 4.69) is 16.4 Å². The van der Waals surface area contributed by atoms with Gasteiger partial charge in [-0.1, -0.05) is 46.7 Å². The Balaban J connectivity index is 1.86. The van der Waals surface area contributed by atoms with Crippen LogP contribution in [0.1, 0.15) is 21.5 Å². The molecule has 3 rings (SSSR count). The lowest BCUT2D eigenvalue weighted by Crippen LogP contribution is -2.12.